The highest BCUT2D eigenvalue weighted by atomic mass is 35.5. The molecule has 7 heteroatoms. The van der Waals surface area contributed by atoms with Crippen LogP contribution in [-0.2, 0) is 0 Å². The van der Waals surface area contributed by atoms with E-state index in [9.17, 15) is 9.59 Å². The molecule has 1 aliphatic rings. The number of rotatable bonds is 5. The quantitative estimate of drug-likeness (QED) is 0.782. The molecule has 1 fully saturated rings. The number of nitrogens with zero attached hydrogens (tertiary/aromatic N) is 1. The first-order chi connectivity index (χ1) is 13.6. The Kier molecular flexibility index (Phi) is 8.05. The highest BCUT2D eigenvalue weighted by Crippen LogP contribution is 2.32. The third-order valence-corrected chi connectivity index (χ3v) is 5.27. The van der Waals surface area contributed by atoms with Gasteiger partial charge in [-0.25, -0.2) is 0 Å². The van der Waals surface area contributed by atoms with Crippen molar-refractivity contribution in [3.63, 3.8) is 0 Å². The van der Waals surface area contributed by atoms with Gasteiger partial charge in [-0.15, -0.1) is 12.4 Å². The normalized spacial score (nSPS) is 16.0. The zero-order valence-corrected chi connectivity index (χ0v) is 17.6. The van der Waals surface area contributed by atoms with Gasteiger partial charge in [0.2, 0.25) is 0 Å². The lowest BCUT2D eigenvalue weighted by atomic mass is 9.97. The van der Waals surface area contributed by atoms with Crippen LogP contribution in [-0.4, -0.2) is 50.0 Å². The summed E-state index contributed by atoms with van der Waals surface area (Å²) in [4.78, 5) is 27.0. The van der Waals surface area contributed by atoms with Gasteiger partial charge in [-0.1, -0.05) is 12.1 Å². The van der Waals surface area contributed by atoms with Crippen molar-refractivity contribution in [2.24, 2.45) is 5.73 Å². The third-order valence-electron chi connectivity index (χ3n) is 5.27. The number of nitrogens with one attached hydrogen (secondary N) is 1. The number of ether oxygens (including phenoxy) is 1. The fourth-order valence-corrected chi connectivity index (χ4v) is 3.72. The molecule has 1 atom stereocenters. The molecule has 0 spiro atoms. The van der Waals surface area contributed by atoms with Crippen molar-refractivity contribution < 1.29 is 14.3 Å². The summed E-state index contributed by atoms with van der Waals surface area (Å²) in [6.45, 7) is 1.22. The van der Waals surface area contributed by atoms with Crippen LogP contribution < -0.4 is 15.8 Å². The Balaban J connectivity index is 0.00000300. The van der Waals surface area contributed by atoms with Gasteiger partial charge in [-0.2, -0.15) is 0 Å². The van der Waals surface area contributed by atoms with Crippen LogP contribution in [0.25, 0.3) is 11.1 Å². The van der Waals surface area contributed by atoms with Crippen molar-refractivity contribution in [1.29, 1.82) is 0 Å². The summed E-state index contributed by atoms with van der Waals surface area (Å²) in [5.41, 5.74) is 8.63. The molecule has 156 valence electrons. The molecule has 0 radical (unpaired) electrons. The van der Waals surface area contributed by atoms with E-state index in [-0.39, 0.29) is 30.3 Å². The van der Waals surface area contributed by atoms with Gasteiger partial charge in [0.05, 0.1) is 7.11 Å². The molecule has 2 aromatic rings. The van der Waals surface area contributed by atoms with E-state index in [2.05, 4.69) is 5.32 Å². The molecule has 3 N–H and O–H groups in total. The molecule has 0 aromatic heterocycles. The lowest BCUT2D eigenvalue weighted by molar-refractivity contribution is 0.0623. The fraction of sp³-hybridized carbons (Fsp3) is 0.364. The molecule has 1 unspecified atom stereocenters. The maximum atomic E-state index is 13.1. The number of methoxy groups -OCH3 is 1. The van der Waals surface area contributed by atoms with Gasteiger partial charge < -0.3 is 20.7 Å². The lowest BCUT2D eigenvalue weighted by Crippen LogP contribution is -2.47. The van der Waals surface area contributed by atoms with Crippen LogP contribution in [0.1, 0.15) is 40.0 Å². The van der Waals surface area contributed by atoms with Gasteiger partial charge in [-0.3, -0.25) is 9.59 Å². The molecule has 1 saturated heterocycles. The number of halogens is 1. The number of piperidine rings is 1. The fourth-order valence-electron chi connectivity index (χ4n) is 3.72. The van der Waals surface area contributed by atoms with E-state index < -0.39 is 0 Å². The van der Waals surface area contributed by atoms with Gasteiger partial charge in [-0.05, 0) is 55.2 Å². The van der Waals surface area contributed by atoms with Gasteiger partial charge >= 0.3 is 0 Å². The highest BCUT2D eigenvalue weighted by Gasteiger charge is 2.26. The molecule has 0 saturated carbocycles. The van der Waals surface area contributed by atoms with E-state index >= 15 is 0 Å². The third kappa shape index (κ3) is 4.89. The summed E-state index contributed by atoms with van der Waals surface area (Å²) in [7, 11) is 3.19. The van der Waals surface area contributed by atoms with E-state index in [1.165, 1.54) is 0 Å². The summed E-state index contributed by atoms with van der Waals surface area (Å²) in [5.74, 6) is 0.476. The standard InChI is InChI=1S/C22H27N3O3.ClH/c1-24-21(26)16-9-10-20(28-2)19(13-16)15-6-5-7-17(12-15)22(27)25-11-4-3-8-18(25)14-23;/h5-7,9-10,12-13,18H,3-4,8,11,14,23H2,1-2H3,(H,24,26);1H. The van der Waals surface area contributed by atoms with E-state index in [1.807, 2.05) is 29.2 Å². The monoisotopic (exact) mass is 417 g/mol. The summed E-state index contributed by atoms with van der Waals surface area (Å²) < 4.78 is 5.48. The number of benzene rings is 2. The predicted molar refractivity (Wildman–Crippen MR) is 117 cm³/mol. The Morgan fingerprint density at radius 2 is 1.97 bits per heavy atom. The maximum Gasteiger partial charge on any atom is 0.254 e. The Labute approximate surface area is 177 Å². The number of carbonyl (C=O) groups excluding carboxylic acids is 2. The number of hydrogen-bond acceptors (Lipinski definition) is 4. The van der Waals surface area contributed by atoms with Crippen LogP contribution in [0.2, 0.25) is 0 Å². The molecule has 1 heterocycles. The lowest BCUT2D eigenvalue weighted by Gasteiger charge is -2.35. The van der Waals surface area contributed by atoms with E-state index in [1.54, 1.807) is 32.4 Å². The average molecular weight is 418 g/mol. The van der Waals surface area contributed by atoms with Crippen molar-refractivity contribution in [3.05, 3.63) is 53.6 Å². The average Bonchev–Trinajstić information content (AvgIpc) is 2.77. The Morgan fingerprint density at radius 1 is 1.17 bits per heavy atom. The molecular formula is C22H28ClN3O3. The molecule has 6 nitrogen and oxygen atoms in total. The highest BCUT2D eigenvalue weighted by molar-refractivity contribution is 5.98. The van der Waals surface area contributed by atoms with Crippen LogP contribution in [0, 0.1) is 0 Å². The van der Waals surface area contributed by atoms with Gasteiger partial charge in [0.15, 0.2) is 0 Å². The van der Waals surface area contributed by atoms with Gasteiger partial charge in [0.1, 0.15) is 5.75 Å². The van der Waals surface area contributed by atoms with Gasteiger partial charge in [0.25, 0.3) is 11.8 Å². The molecule has 0 aliphatic carbocycles. The second-order valence-electron chi connectivity index (χ2n) is 6.96. The Hall–Kier alpha value is -2.57. The van der Waals surface area contributed by atoms with Crippen molar-refractivity contribution in [2.45, 2.75) is 25.3 Å². The second kappa shape index (κ2) is 10.3. The Bertz CT molecular complexity index is 872. The summed E-state index contributed by atoms with van der Waals surface area (Å²) in [5, 5.41) is 2.63. The second-order valence-corrected chi connectivity index (χ2v) is 6.96. The number of hydrogen-bond donors (Lipinski definition) is 2. The summed E-state index contributed by atoms with van der Waals surface area (Å²) in [6.07, 6.45) is 3.06. The van der Waals surface area contributed by atoms with E-state index in [0.29, 0.717) is 23.4 Å². The first-order valence-corrected chi connectivity index (χ1v) is 9.60. The summed E-state index contributed by atoms with van der Waals surface area (Å²) >= 11 is 0. The summed E-state index contributed by atoms with van der Waals surface area (Å²) in [6, 6.07) is 12.8. The van der Waals surface area contributed by atoms with Gasteiger partial charge in [0, 0.05) is 42.9 Å². The van der Waals surface area contributed by atoms with E-state index in [4.69, 9.17) is 10.5 Å². The minimum absolute atomic E-state index is 0. The maximum absolute atomic E-state index is 13.1. The van der Waals surface area contributed by atoms with Crippen molar-refractivity contribution >= 4 is 24.2 Å². The van der Waals surface area contributed by atoms with Crippen molar-refractivity contribution in [1.82, 2.24) is 10.2 Å². The smallest absolute Gasteiger partial charge is 0.254 e. The first-order valence-electron chi connectivity index (χ1n) is 9.60. The molecule has 2 aromatic carbocycles. The molecule has 29 heavy (non-hydrogen) atoms. The number of carbonyl (C=O) groups is 2. The number of amides is 2. The largest absolute Gasteiger partial charge is 0.496 e. The van der Waals surface area contributed by atoms with Crippen LogP contribution in [0.4, 0.5) is 0 Å². The molecule has 0 bridgehead atoms. The Morgan fingerprint density at radius 3 is 2.66 bits per heavy atom. The SMILES string of the molecule is CNC(=O)c1ccc(OC)c(-c2cccc(C(=O)N3CCCCC3CN)c2)c1.Cl. The van der Waals surface area contributed by atoms with Crippen molar-refractivity contribution in [2.75, 3.05) is 27.2 Å². The predicted octanol–water partition coefficient (Wildman–Crippen LogP) is 3.10. The van der Waals surface area contributed by atoms with Crippen LogP contribution >= 0.6 is 12.4 Å². The van der Waals surface area contributed by atoms with E-state index in [0.717, 1.165) is 36.9 Å². The van der Waals surface area contributed by atoms with Crippen LogP contribution in [0.15, 0.2) is 42.5 Å². The number of nitrogens with two attached hydrogens (primary N) is 1. The number of likely N-dealkylation sites (tertiary alicyclic amines) is 1. The molecule has 2 amide bonds. The zero-order valence-electron chi connectivity index (χ0n) is 16.8. The minimum Gasteiger partial charge on any atom is -0.496 e. The first kappa shape index (κ1) is 22.7. The zero-order chi connectivity index (χ0) is 20.1. The molecule has 3 rings (SSSR count). The van der Waals surface area contributed by atoms with Crippen molar-refractivity contribution in [3.8, 4) is 16.9 Å². The van der Waals surface area contributed by atoms with Crippen LogP contribution in [0.3, 0.4) is 0 Å². The van der Waals surface area contributed by atoms with Crippen LogP contribution in [0.5, 0.6) is 5.75 Å². The molecule has 1 aliphatic heterocycles. The topological polar surface area (TPSA) is 84.7 Å². The minimum atomic E-state index is -0.171. The molecular weight excluding hydrogens is 390 g/mol.